The molecule has 4 nitrogen and oxygen atoms in total. The molecule has 0 unspecified atom stereocenters. The fourth-order valence-corrected chi connectivity index (χ4v) is 2.01. The van der Waals surface area contributed by atoms with Gasteiger partial charge in [0, 0.05) is 5.92 Å². The average molecular weight is 230 g/mol. The van der Waals surface area contributed by atoms with Gasteiger partial charge in [-0.1, -0.05) is 0 Å². The smallest absolute Gasteiger partial charge is 0.222 e. The van der Waals surface area contributed by atoms with Crippen molar-refractivity contribution in [1.82, 2.24) is 9.97 Å². The molecule has 1 saturated carbocycles. The number of nitrogens with zero attached hydrogens (tertiary/aromatic N) is 2. The number of hydrogen-bond acceptors (Lipinski definition) is 4. The van der Waals surface area contributed by atoms with Crippen molar-refractivity contribution in [2.24, 2.45) is 0 Å². The number of aromatic hydroxyl groups is 1. The Morgan fingerprint density at radius 2 is 2.06 bits per heavy atom. The molecule has 2 aromatic rings. The van der Waals surface area contributed by atoms with Crippen molar-refractivity contribution in [3.8, 4) is 11.6 Å². The molecule has 1 aromatic heterocycles. The second kappa shape index (κ2) is 3.58. The first-order valence-corrected chi connectivity index (χ1v) is 5.74. The molecule has 0 bridgehead atoms. The van der Waals surface area contributed by atoms with Crippen LogP contribution in [0.5, 0.6) is 11.6 Å². The van der Waals surface area contributed by atoms with Gasteiger partial charge in [0.05, 0.1) is 18.0 Å². The van der Waals surface area contributed by atoms with Gasteiger partial charge in [-0.3, -0.25) is 0 Å². The fourth-order valence-electron chi connectivity index (χ4n) is 2.01. The molecule has 0 saturated heterocycles. The van der Waals surface area contributed by atoms with Crippen LogP contribution in [-0.2, 0) is 0 Å². The summed E-state index contributed by atoms with van der Waals surface area (Å²) in [6, 6.07) is 3.72. The van der Waals surface area contributed by atoms with Crippen LogP contribution >= 0.6 is 0 Å². The van der Waals surface area contributed by atoms with E-state index in [0.29, 0.717) is 11.3 Å². The van der Waals surface area contributed by atoms with Gasteiger partial charge in [0.15, 0.2) is 0 Å². The topological polar surface area (TPSA) is 55.2 Å². The maximum absolute atomic E-state index is 9.93. The van der Waals surface area contributed by atoms with Gasteiger partial charge in [0.25, 0.3) is 0 Å². The van der Waals surface area contributed by atoms with Crippen molar-refractivity contribution < 1.29 is 9.84 Å². The Hall–Kier alpha value is -1.84. The molecule has 1 aliphatic carbocycles. The molecule has 1 aliphatic rings. The van der Waals surface area contributed by atoms with Gasteiger partial charge >= 0.3 is 0 Å². The highest BCUT2D eigenvalue weighted by atomic mass is 16.5. The lowest BCUT2D eigenvalue weighted by atomic mass is 10.1. The molecule has 0 radical (unpaired) electrons. The summed E-state index contributed by atoms with van der Waals surface area (Å²) in [6.45, 7) is 1.97. The number of rotatable bonds is 2. The van der Waals surface area contributed by atoms with Crippen LogP contribution in [0.1, 0.15) is 30.1 Å². The molecule has 88 valence electrons. The first-order chi connectivity index (χ1) is 8.19. The largest absolute Gasteiger partial charge is 0.496 e. The normalized spacial score (nSPS) is 15.2. The highest BCUT2D eigenvalue weighted by Crippen LogP contribution is 2.40. The number of aromatic nitrogens is 2. The summed E-state index contributed by atoms with van der Waals surface area (Å²) in [5, 5.41) is 10.6. The van der Waals surface area contributed by atoms with Crippen LogP contribution < -0.4 is 4.74 Å². The van der Waals surface area contributed by atoms with Gasteiger partial charge in [0.2, 0.25) is 5.88 Å². The average Bonchev–Trinajstić information content (AvgIpc) is 3.11. The van der Waals surface area contributed by atoms with E-state index < -0.39 is 0 Å². The summed E-state index contributed by atoms with van der Waals surface area (Å²) in [4.78, 5) is 8.66. The Balaban J connectivity index is 2.24. The molecule has 0 spiro atoms. The van der Waals surface area contributed by atoms with Gasteiger partial charge in [-0.15, -0.1) is 0 Å². The minimum absolute atomic E-state index is 0.0511. The molecule has 1 aromatic carbocycles. The minimum Gasteiger partial charge on any atom is -0.496 e. The zero-order chi connectivity index (χ0) is 12.0. The molecular weight excluding hydrogens is 216 g/mol. The molecule has 0 amide bonds. The third-order valence-corrected chi connectivity index (χ3v) is 3.15. The van der Waals surface area contributed by atoms with Crippen LogP contribution in [0.25, 0.3) is 10.9 Å². The number of hydrogen-bond donors (Lipinski definition) is 1. The van der Waals surface area contributed by atoms with E-state index in [1.807, 2.05) is 13.0 Å². The highest BCUT2D eigenvalue weighted by molar-refractivity contribution is 5.85. The number of aryl methyl sites for hydroxylation is 1. The monoisotopic (exact) mass is 230 g/mol. The first kappa shape index (κ1) is 10.3. The quantitative estimate of drug-likeness (QED) is 0.861. The fraction of sp³-hybridized carbons (Fsp3) is 0.385. The van der Waals surface area contributed by atoms with Gasteiger partial charge in [-0.2, -0.15) is 4.98 Å². The maximum Gasteiger partial charge on any atom is 0.222 e. The minimum atomic E-state index is 0.0511. The van der Waals surface area contributed by atoms with Crippen LogP contribution in [0.15, 0.2) is 12.1 Å². The van der Waals surface area contributed by atoms with E-state index in [2.05, 4.69) is 9.97 Å². The van der Waals surface area contributed by atoms with Crippen molar-refractivity contribution in [3.63, 3.8) is 0 Å². The predicted molar refractivity (Wildman–Crippen MR) is 64.5 cm³/mol. The van der Waals surface area contributed by atoms with Crippen LogP contribution in [0.2, 0.25) is 0 Å². The summed E-state index contributed by atoms with van der Waals surface area (Å²) in [5.74, 6) is 2.00. The lowest BCUT2D eigenvalue weighted by Crippen LogP contribution is -1.95. The maximum atomic E-state index is 9.93. The molecule has 4 heteroatoms. The number of ether oxygens (including phenoxy) is 1. The third kappa shape index (κ3) is 1.69. The third-order valence-electron chi connectivity index (χ3n) is 3.15. The summed E-state index contributed by atoms with van der Waals surface area (Å²) in [5.41, 5.74) is 1.80. The van der Waals surface area contributed by atoms with Crippen LogP contribution in [-0.4, -0.2) is 22.2 Å². The molecule has 17 heavy (non-hydrogen) atoms. The Labute approximate surface area is 99.3 Å². The van der Waals surface area contributed by atoms with Crippen molar-refractivity contribution in [2.45, 2.75) is 25.7 Å². The lowest BCUT2D eigenvalue weighted by molar-refractivity contribution is 0.411. The molecule has 3 rings (SSSR count). The summed E-state index contributed by atoms with van der Waals surface area (Å²) < 4.78 is 5.23. The van der Waals surface area contributed by atoms with Crippen LogP contribution in [0.3, 0.4) is 0 Å². The van der Waals surface area contributed by atoms with Gasteiger partial charge in [0.1, 0.15) is 11.6 Å². The molecule has 0 atom stereocenters. The van der Waals surface area contributed by atoms with Crippen LogP contribution in [0.4, 0.5) is 0 Å². The van der Waals surface area contributed by atoms with E-state index in [0.717, 1.165) is 35.5 Å². The second-order valence-electron chi connectivity index (χ2n) is 4.52. The SMILES string of the molecule is COc1cc2c(O)nc(C3CC3)nc2cc1C. The molecular formula is C13H14N2O2. The highest BCUT2D eigenvalue weighted by Gasteiger charge is 2.27. The van der Waals surface area contributed by atoms with E-state index >= 15 is 0 Å². The zero-order valence-electron chi connectivity index (χ0n) is 9.90. The number of fused-ring (bicyclic) bond motifs is 1. The van der Waals surface area contributed by atoms with E-state index in [1.54, 1.807) is 13.2 Å². The lowest BCUT2D eigenvalue weighted by Gasteiger charge is -2.08. The molecule has 1 heterocycles. The van der Waals surface area contributed by atoms with E-state index in [9.17, 15) is 5.11 Å². The predicted octanol–water partition coefficient (Wildman–Crippen LogP) is 2.53. The second-order valence-corrected chi connectivity index (χ2v) is 4.52. The Morgan fingerprint density at radius 1 is 1.29 bits per heavy atom. The Bertz CT molecular complexity index is 591. The van der Waals surface area contributed by atoms with E-state index in [4.69, 9.17) is 4.74 Å². The van der Waals surface area contributed by atoms with E-state index in [-0.39, 0.29) is 5.88 Å². The standard InChI is InChI=1S/C13H14N2O2/c1-7-5-10-9(6-11(7)17-2)13(16)15-12(14-10)8-3-4-8/h5-6,8H,3-4H2,1-2H3,(H,14,15,16). The van der Waals surface area contributed by atoms with Crippen molar-refractivity contribution in [1.29, 1.82) is 0 Å². The molecule has 1 fully saturated rings. The summed E-state index contributed by atoms with van der Waals surface area (Å²) >= 11 is 0. The summed E-state index contributed by atoms with van der Waals surface area (Å²) in [7, 11) is 1.62. The number of methoxy groups -OCH3 is 1. The van der Waals surface area contributed by atoms with Gasteiger partial charge in [-0.05, 0) is 37.5 Å². The zero-order valence-corrected chi connectivity index (χ0v) is 9.90. The number of benzene rings is 1. The Kier molecular flexibility index (Phi) is 2.18. The van der Waals surface area contributed by atoms with Crippen molar-refractivity contribution in [2.75, 3.05) is 7.11 Å². The van der Waals surface area contributed by atoms with Gasteiger partial charge < -0.3 is 9.84 Å². The first-order valence-electron chi connectivity index (χ1n) is 5.74. The van der Waals surface area contributed by atoms with E-state index in [1.165, 1.54) is 0 Å². The summed E-state index contributed by atoms with van der Waals surface area (Å²) in [6.07, 6.45) is 2.25. The molecule has 1 N–H and O–H groups in total. The van der Waals surface area contributed by atoms with Crippen molar-refractivity contribution in [3.05, 3.63) is 23.5 Å². The molecule has 0 aliphatic heterocycles. The van der Waals surface area contributed by atoms with Gasteiger partial charge in [-0.25, -0.2) is 4.98 Å². The van der Waals surface area contributed by atoms with Crippen molar-refractivity contribution >= 4 is 10.9 Å². The van der Waals surface area contributed by atoms with Crippen LogP contribution in [0, 0.1) is 6.92 Å². The Morgan fingerprint density at radius 3 is 2.71 bits per heavy atom.